The van der Waals surface area contributed by atoms with Crippen LogP contribution in [0.1, 0.15) is 6.92 Å². The molecule has 0 radical (unpaired) electrons. The Morgan fingerprint density at radius 1 is 1.32 bits per heavy atom. The van der Waals surface area contributed by atoms with Gasteiger partial charge in [-0.25, -0.2) is 0 Å². The van der Waals surface area contributed by atoms with Crippen LogP contribution in [0.2, 0.25) is 10.0 Å². The van der Waals surface area contributed by atoms with Gasteiger partial charge >= 0.3 is 0 Å². The third kappa shape index (κ3) is 4.40. The minimum atomic E-state index is -0.578. The average Bonchev–Trinajstić information content (AvgIpc) is 2.65. The maximum absolute atomic E-state index is 12.4. The lowest BCUT2D eigenvalue weighted by molar-refractivity contribution is -0.125. The van der Waals surface area contributed by atoms with Crippen LogP contribution in [0.25, 0.3) is 0 Å². The highest BCUT2D eigenvalue weighted by molar-refractivity contribution is 6.35. The lowest BCUT2D eigenvalue weighted by Crippen LogP contribution is -2.44. The lowest BCUT2D eigenvalue weighted by atomic mass is 10.1. The van der Waals surface area contributed by atoms with Crippen molar-refractivity contribution in [2.45, 2.75) is 13.0 Å². The van der Waals surface area contributed by atoms with E-state index in [2.05, 4.69) is 11.9 Å². The summed E-state index contributed by atoms with van der Waals surface area (Å²) < 4.78 is 11.0. The minimum absolute atomic E-state index is 0.170. The van der Waals surface area contributed by atoms with Gasteiger partial charge in [0.1, 0.15) is 11.5 Å². The Balaban J connectivity index is 1.70. The molecule has 8 heteroatoms. The molecule has 0 saturated carbocycles. The van der Waals surface area contributed by atoms with Crippen molar-refractivity contribution in [2.24, 2.45) is 0 Å². The van der Waals surface area contributed by atoms with E-state index < -0.39 is 6.10 Å². The summed E-state index contributed by atoms with van der Waals surface area (Å²) in [5.74, 6) is 0.377. The van der Waals surface area contributed by atoms with Crippen molar-refractivity contribution in [3.05, 3.63) is 59.1 Å². The van der Waals surface area contributed by atoms with Gasteiger partial charge in [0.15, 0.2) is 12.7 Å². The molecule has 0 spiro atoms. The zero-order valence-electron chi connectivity index (χ0n) is 15.1. The van der Waals surface area contributed by atoms with E-state index in [1.807, 2.05) is 0 Å². The van der Waals surface area contributed by atoms with Crippen LogP contribution in [0, 0.1) is 0 Å². The molecule has 1 aliphatic heterocycles. The summed E-state index contributed by atoms with van der Waals surface area (Å²) in [6.07, 6.45) is 1.06. The van der Waals surface area contributed by atoms with Crippen molar-refractivity contribution in [3.63, 3.8) is 0 Å². The van der Waals surface area contributed by atoms with Crippen LogP contribution < -0.4 is 19.7 Å². The molecule has 0 fully saturated rings. The molecule has 1 unspecified atom stereocenters. The first-order chi connectivity index (χ1) is 13.4. The quantitative estimate of drug-likeness (QED) is 0.706. The Kier molecular flexibility index (Phi) is 6.11. The highest BCUT2D eigenvalue weighted by Gasteiger charge is 2.31. The van der Waals surface area contributed by atoms with E-state index in [1.165, 1.54) is 6.07 Å². The molecule has 0 aliphatic carbocycles. The summed E-state index contributed by atoms with van der Waals surface area (Å²) in [4.78, 5) is 26.1. The molecule has 2 amide bonds. The Hall–Kier alpha value is -2.70. The maximum Gasteiger partial charge on any atom is 0.268 e. The van der Waals surface area contributed by atoms with Gasteiger partial charge in [-0.3, -0.25) is 9.59 Å². The fourth-order valence-corrected chi connectivity index (χ4v) is 3.20. The van der Waals surface area contributed by atoms with Crippen molar-refractivity contribution in [2.75, 3.05) is 23.4 Å². The molecular formula is C20H18Cl2N2O4. The van der Waals surface area contributed by atoms with E-state index in [1.54, 1.807) is 48.2 Å². The number of rotatable bonds is 6. The van der Waals surface area contributed by atoms with Crippen LogP contribution in [0.4, 0.5) is 11.4 Å². The summed E-state index contributed by atoms with van der Waals surface area (Å²) in [7, 11) is 0. The monoisotopic (exact) mass is 420 g/mol. The van der Waals surface area contributed by atoms with E-state index in [-0.39, 0.29) is 18.4 Å². The lowest BCUT2D eigenvalue weighted by Gasteiger charge is -2.32. The topological polar surface area (TPSA) is 67.9 Å². The maximum atomic E-state index is 12.4. The van der Waals surface area contributed by atoms with Crippen LogP contribution in [-0.4, -0.2) is 31.1 Å². The number of hydrogen-bond donors (Lipinski definition) is 1. The van der Waals surface area contributed by atoms with Gasteiger partial charge in [-0.05, 0) is 43.3 Å². The van der Waals surface area contributed by atoms with Gasteiger partial charge in [0.05, 0.1) is 10.7 Å². The number of hydrogen-bond acceptors (Lipinski definition) is 4. The minimum Gasteiger partial charge on any atom is -0.482 e. The molecule has 0 saturated heterocycles. The second-order valence-electron chi connectivity index (χ2n) is 6.09. The Bertz CT molecular complexity index is 932. The predicted molar refractivity (Wildman–Crippen MR) is 110 cm³/mol. The van der Waals surface area contributed by atoms with Crippen molar-refractivity contribution >= 4 is 46.4 Å². The van der Waals surface area contributed by atoms with E-state index >= 15 is 0 Å². The number of fused-ring (bicyclic) bond motifs is 1. The van der Waals surface area contributed by atoms with Gasteiger partial charge in [0.25, 0.3) is 11.8 Å². The second-order valence-corrected chi connectivity index (χ2v) is 6.94. The standard InChI is InChI=1S/C20H18Cl2N2O4/c1-3-8-24-16-10-14(5-7-18(16)28-12(2)20(24)26)23-19(25)11-27-17-6-4-13(21)9-15(17)22/h3-7,9-10,12H,1,8,11H2,2H3,(H,23,25). The van der Waals surface area contributed by atoms with E-state index in [9.17, 15) is 9.59 Å². The van der Waals surface area contributed by atoms with Gasteiger partial charge < -0.3 is 19.7 Å². The second kappa shape index (κ2) is 8.54. The average molecular weight is 421 g/mol. The van der Waals surface area contributed by atoms with E-state index in [0.717, 1.165) is 0 Å². The number of amides is 2. The van der Waals surface area contributed by atoms with Crippen molar-refractivity contribution < 1.29 is 19.1 Å². The van der Waals surface area contributed by atoms with Crippen molar-refractivity contribution in [3.8, 4) is 11.5 Å². The van der Waals surface area contributed by atoms with Crippen LogP contribution in [0.5, 0.6) is 11.5 Å². The van der Waals surface area contributed by atoms with E-state index in [4.69, 9.17) is 32.7 Å². The molecule has 2 aromatic carbocycles. The van der Waals surface area contributed by atoms with Crippen LogP contribution in [-0.2, 0) is 9.59 Å². The highest BCUT2D eigenvalue weighted by atomic mass is 35.5. The fourth-order valence-electron chi connectivity index (χ4n) is 2.73. The summed E-state index contributed by atoms with van der Waals surface area (Å²) >= 11 is 11.9. The Morgan fingerprint density at radius 2 is 2.11 bits per heavy atom. The molecule has 2 aromatic rings. The largest absolute Gasteiger partial charge is 0.482 e. The molecule has 1 heterocycles. The SMILES string of the molecule is C=CCN1C(=O)C(C)Oc2ccc(NC(=O)COc3ccc(Cl)cc3Cl)cc21. The highest BCUT2D eigenvalue weighted by Crippen LogP contribution is 2.36. The van der Waals surface area contributed by atoms with Gasteiger partial charge in [-0.15, -0.1) is 6.58 Å². The van der Waals surface area contributed by atoms with Crippen LogP contribution >= 0.6 is 23.2 Å². The normalized spacial score (nSPS) is 15.5. The molecule has 1 atom stereocenters. The third-order valence-electron chi connectivity index (χ3n) is 4.02. The number of anilines is 2. The smallest absolute Gasteiger partial charge is 0.268 e. The fraction of sp³-hybridized carbons (Fsp3) is 0.200. The number of nitrogens with one attached hydrogen (secondary N) is 1. The molecule has 3 rings (SSSR count). The molecule has 28 heavy (non-hydrogen) atoms. The van der Waals surface area contributed by atoms with Gasteiger partial charge in [-0.2, -0.15) is 0 Å². The number of halogens is 2. The van der Waals surface area contributed by atoms with Gasteiger partial charge in [0.2, 0.25) is 0 Å². The third-order valence-corrected chi connectivity index (χ3v) is 4.55. The molecule has 0 bridgehead atoms. The molecule has 0 aromatic heterocycles. The first kappa shape index (κ1) is 20.0. The van der Waals surface area contributed by atoms with Crippen LogP contribution in [0.3, 0.4) is 0 Å². The summed E-state index contributed by atoms with van der Waals surface area (Å²) in [6.45, 7) is 5.48. The Morgan fingerprint density at radius 3 is 2.82 bits per heavy atom. The summed E-state index contributed by atoms with van der Waals surface area (Å²) in [6, 6.07) is 9.83. The number of carbonyl (C=O) groups is 2. The number of carbonyl (C=O) groups excluding carboxylic acids is 2. The summed E-state index contributed by atoms with van der Waals surface area (Å²) in [5.41, 5.74) is 1.08. The molecule has 1 aliphatic rings. The zero-order valence-corrected chi connectivity index (χ0v) is 16.6. The van der Waals surface area contributed by atoms with Crippen LogP contribution in [0.15, 0.2) is 49.1 Å². The molecule has 6 nitrogen and oxygen atoms in total. The van der Waals surface area contributed by atoms with Crippen molar-refractivity contribution in [1.29, 1.82) is 0 Å². The first-order valence-electron chi connectivity index (χ1n) is 8.49. The molecular weight excluding hydrogens is 403 g/mol. The number of benzene rings is 2. The predicted octanol–water partition coefficient (Wildman–Crippen LogP) is 4.31. The zero-order chi connectivity index (χ0) is 20.3. The first-order valence-corrected chi connectivity index (χ1v) is 9.25. The van der Waals surface area contributed by atoms with Gasteiger partial charge in [0, 0.05) is 17.3 Å². The number of ether oxygens (including phenoxy) is 2. The van der Waals surface area contributed by atoms with E-state index in [0.29, 0.717) is 39.5 Å². The van der Waals surface area contributed by atoms with Crippen molar-refractivity contribution in [1.82, 2.24) is 0 Å². The number of nitrogens with zero attached hydrogens (tertiary/aromatic N) is 1. The Labute approximate surface area is 172 Å². The molecule has 146 valence electrons. The summed E-state index contributed by atoms with van der Waals surface area (Å²) in [5, 5.41) is 3.53. The molecule has 1 N–H and O–H groups in total. The van der Waals surface area contributed by atoms with Gasteiger partial charge in [-0.1, -0.05) is 29.3 Å².